The second-order valence-corrected chi connectivity index (χ2v) is 6.19. The van der Waals surface area contributed by atoms with Crippen molar-refractivity contribution < 1.29 is 28.6 Å². The lowest BCUT2D eigenvalue weighted by atomic mass is 10.1. The van der Waals surface area contributed by atoms with Gasteiger partial charge in [0.05, 0.1) is 13.0 Å². The Bertz CT molecular complexity index is 330. The van der Waals surface area contributed by atoms with Gasteiger partial charge in [0.15, 0.2) is 0 Å². The Balaban J connectivity index is 0. The lowest BCUT2D eigenvalue weighted by Crippen LogP contribution is -2.40. The lowest BCUT2D eigenvalue weighted by molar-refractivity contribution is -0.325. The van der Waals surface area contributed by atoms with Crippen molar-refractivity contribution in [2.24, 2.45) is 0 Å². The third-order valence-corrected chi connectivity index (χ3v) is 4.09. The Morgan fingerprint density at radius 1 is 1.05 bits per heavy atom. The number of carboxylic acids is 1. The van der Waals surface area contributed by atoms with Gasteiger partial charge in [-0.15, -0.1) is 0 Å². The Hall–Kier alpha value is -0.660. The molecule has 0 heterocycles. The number of quaternary nitrogens is 1. The first-order chi connectivity index (χ1) is 9.39. The van der Waals surface area contributed by atoms with E-state index < -0.39 is 21.3 Å². The summed E-state index contributed by atoms with van der Waals surface area (Å²) >= 11 is 0. The van der Waals surface area contributed by atoms with Crippen LogP contribution < -0.4 is 10.8 Å². The van der Waals surface area contributed by atoms with Gasteiger partial charge in [-0.3, -0.25) is 4.55 Å². The van der Waals surface area contributed by atoms with E-state index in [4.69, 9.17) is 4.55 Å². The van der Waals surface area contributed by atoms with Crippen LogP contribution in [0.15, 0.2) is 0 Å². The smallest absolute Gasteiger partial charge is 0.273 e. The fourth-order valence-corrected chi connectivity index (χ4v) is 2.56. The Labute approximate surface area is 122 Å². The van der Waals surface area contributed by atoms with E-state index in [0.29, 0.717) is 6.42 Å². The average Bonchev–Trinajstić information content (AvgIpc) is 2.37. The molecule has 1 unspecified atom stereocenters. The van der Waals surface area contributed by atoms with Crippen LogP contribution in [0.5, 0.6) is 0 Å². The molecular formula is C13H29NO5S. The molecule has 0 aromatic rings. The van der Waals surface area contributed by atoms with Crippen molar-refractivity contribution in [3.63, 3.8) is 0 Å². The third kappa shape index (κ3) is 12.4. The quantitative estimate of drug-likeness (QED) is 0.422. The van der Waals surface area contributed by atoms with Crippen molar-refractivity contribution in [2.45, 2.75) is 70.0 Å². The number of hydrogen-bond donors (Lipinski definition) is 2. The summed E-state index contributed by atoms with van der Waals surface area (Å²) in [5, 5.41) is 8.75. The highest BCUT2D eigenvalue weighted by atomic mass is 32.2. The molecule has 1 atom stereocenters. The highest BCUT2D eigenvalue weighted by Crippen LogP contribution is 2.13. The molecule has 0 radical (unpaired) electrons. The zero-order valence-electron chi connectivity index (χ0n) is 12.6. The van der Waals surface area contributed by atoms with E-state index in [1.165, 1.54) is 19.3 Å². The van der Waals surface area contributed by atoms with Crippen LogP contribution >= 0.6 is 0 Å². The molecule has 0 spiro atoms. The van der Waals surface area contributed by atoms with Gasteiger partial charge < -0.3 is 15.6 Å². The van der Waals surface area contributed by atoms with Crippen molar-refractivity contribution >= 4 is 16.1 Å². The van der Waals surface area contributed by atoms with Crippen LogP contribution in [0, 0.1) is 0 Å². The summed E-state index contributed by atoms with van der Waals surface area (Å²) in [5.74, 6) is -1.72. The van der Waals surface area contributed by atoms with Crippen LogP contribution in [0.1, 0.15) is 64.7 Å². The number of aliphatic carboxylic acids is 1. The van der Waals surface area contributed by atoms with Gasteiger partial charge in [-0.05, 0) is 6.42 Å². The molecule has 20 heavy (non-hydrogen) atoms. The molecule has 0 amide bonds. The summed E-state index contributed by atoms with van der Waals surface area (Å²) in [6.07, 6.45) is 8.04. The first kappa shape index (κ1) is 21.6. The molecule has 0 aliphatic heterocycles. The van der Waals surface area contributed by atoms with Crippen molar-refractivity contribution in [1.29, 1.82) is 0 Å². The van der Waals surface area contributed by atoms with Gasteiger partial charge in [0, 0.05) is 0 Å². The summed E-state index contributed by atoms with van der Waals surface area (Å²) in [5.41, 5.74) is 3.25. The largest absolute Gasteiger partial charge is 0.549 e. The molecule has 0 rings (SSSR count). The van der Waals surface area contributed by atoms with Crippen LogP contribution in [-0.2, 0) is 14.9 Å². The minimum atomic E-state index is -4.53. The van der Waals surface area contributed by atoms with Gasteiger partial charge in [0.25, 0.3) is 10.1 Å². The predicted molar refractivity (Wildman–Crippen MR) is 76.4 cm³/mol. The van der Waals surface area contributed by atoms with Crippen LogP contribution in [0.25, 0.3) is 0 Å². The van der Waals surface area contributed by atoms with Crippen molar-refractivity contribution in [2.75, 3.05) is 7.05 Å². The molecule has 0 aromatic carbocycles. The Morgan fingerprint density at radius 2 is 1.45 bits per heavy atom. The van der Waals surface area contributed by atoms with Crippen LogP contribution in [0.3, 0.4) is 0 Å². The minimum Gasteiger partial charge on any atom is -0.549 e. The fraction of sp³-hybridized carbons (Fsp3) is 0.923. The maximum atomic E-state index is 10.7. The van der Waals surface area contributed by atoms with Gasteiger partial charge in [0.1, 0.15) is 5.25 Å². The molecule has 0 aliphatic carbocycles. The Kier molecular flexibility index (Phi) is 14.4. The average molecular weight is 311 g/mol. The zero-order chi connectivity index (χ0) is 16.0. The van der Waals surface area contributed by atoms with Gasteiger partial charge in [-0.1, -0.05) is 58.3 Å². The highest BCUT2D eigenvalue weighted by molar-refractivity contribution is 7.87. The maximum Gasteiger partial charge on any atom is 0.273 e. The van der Waals surface area contributed by atoms with E-state index in [2.05, 4.69) is 12.7 Å². The van der Waals surface area contributed by atoms with E-state index in [-0.39, 0.29) is 6.42 Å². The third-order valence-electron chi connectivity index (χ3n) is 2.94. The standard InChI is InChI=1S/C12H24O5S.CH5N/c1-2-3-4-5-6-7-8-9-10-11(12(13)14)18(15,16)17;1-2/h11H,2-10H2,1H3,(H,13,14)(H,15,16,17);2H2,1H3. The highest BCUT2D eigenvalue weighted by Gasteiger charge is 2.23. The van der Waals surface area contributed by atoms with Crippen LogP contribution in [-0.4, -0.2) is 31.2 Å². The first-order valence-corrected chi connectivity index (χ1v) is 8.77. The number of carboxylic acid groups (broad SMARTS) is 1. The lowest BCUT2D eigenvalue weighted by Gasteiger charge is -2.14. The molecule has 0 saturated carbocycles. The van der Waals surface area contributed by atoms with Crippen LogP contribution in [0.4, 0.5) is 0 Å². The van der Waals surface area contributed by atoms with E-state index in [0.717, 1.165) is 25.7 Å². The minimum absolute atomic E-state index is 0.0733. The number of unbranched alkanes of at least 4 members (excludes halogenated alkanes) is 7. The van der Waals surface area contributed by atoms with Gasteiger partial charge in [-0.2, -0.15) is 8.42 Å². The maximum absolute atomic E-state index is 10.7. The van der Waals surface area contributed by atoms with E-state index in [1.54, 1.807) is 7.05 Å². The SMILES string of the molecule is CCCCCCCCCCC(C(=O)[O-])S(=O)(=O)O.C[NH3+]. The molecule has 0 fully saturated rings. The van der Waals surface area contributed by atoms with Crippen LogP contribution in [0.2, 0.25) is 0 Å². The second-order valence-electron chi connectivity index (χ2n) is 4.59. The summed E-state index contributed by atoms with van der Waals surface area (Å²) < 4.78 is 30.2. The molecule has 4 N–H and O–H groups in total. The normalized spacial score (nSPS) is 12.4. The number of carbonyl (C=O) groups excluding carboxylic acids is 1. The molecule has 122 valence electrons. The number of carbonyl (C=O) groups is 1. The summed E-state index contributed by atoms with van der Waals surface area (Å²) in [4.78, 5) is 10.5. The second kappa shape index (κ2) is 13.3. The predicted octanol–water partition coefficient (Wildman–Crippen LogP) is 0.382. The molecule has 0 bridgehead atoms. The van der Waals surface area contributed by atoms with E-state index in [1.807, 2.05) is 0 Å². The van der Waals surface area contributed by atoms with Gasteiger partial charge in [0.2, 0.25) is 0 Å². The van der Waals surface area contributed by atoms with Crippen molar-refractivity contribution in [1.82, 2.24) is 0 Å². The van der Waals surface area contributed by atoms with Gasteiger partial charge >= 0.3 is 0 Å². The number of hydrogen-bond acceptors (Lipinski definition) is 4. The molecule has 0 saturated heterocycles. The molecule has 0 aromatic heterocycles. The first-order valence-electron chi connectivity index (χ1n) is 7.27. The monoisotopic (exact) mass is 311 g/mol. The van der Waals surface area contributed by atoms with Crippen molar-refractivity contribution in [3.05, 3.63) is 0 Å². The van der Waals surface area contributed by atoms with E-state index in [9.17, 15) is 18.3 Å². The topological polar surface area (TPSA) is 122 Å². The Morgan fingerprint density at radius 3 is 1.80 bits per heavy atom. The van der Waals surface area contributed by atoms with E-state index >= 15 is 0 Å². The van der Waals surface area contributed by atoms with Gasteiger partial charge in [-0.25, -0.2) is 0 Å². The molecule has 6 nitrogen and oxygen atoms in total. The zero-order valence-corrected chi connectivity index (χ0v) is 13.5. The fourth-order valence-electron chi connectivity index (χ4n) is 1.85. The summed E-state index contributed by atoms with van der Waals surface area (Å²) in [6.45, 7) is 2.15. The number of rotatable bonds is 11. The molecule has 0 aliphatic rings. The molecule has 7 heteroatoms. The van der Waals surface area contributed by atoms with Crippen molar-refractivity contribution in [3.8, 4) is 0 Å². The summed E-state index contributed by atoms with van der Waals surface area (Å²) in [7, 11) is -2.78. The molecular weight excluding hydrogens is 282 g/mol. The summed E-state index contributed by atoms with van der Waals surface area (Å²) in [6, 6.07) is 0.